The maximum atomic E-state index is 13.2. The van der Waals surface area contributed by atoms with Gasteiger partial charge in [-0.05, 0) is 55.2 Å². The van der Waals surface area contributed by atoms with E-state index in [9.17, 15) is 13.2 Å². The summed E-state index contributed by atoms with van der Waals surface area (Å²) in [5.74, 6) is -0.168. The molecule has 25 heavy (non-hydrogen) atoms. The molecule has 1 aromatic rings. The Kier molecular flexibility index (Phi) is 3.63. The lowest BCUT2D eigenvalue weighted by Gasteiger charge is -2.37. The Bertz CT molecular complexity index is 833. The van der Waals surface area contributed by atoms with E-state index in [0.29, 0.717) is 10.9 Å². The average molecular weight is 382 g/mol. The second-order valence-electron chi connectivity index (χ2n) is 8.53. The molecule has 3 unspecified atom stereocenters. The van der Waals surface area contributed by atoms with E-state index in [0.717, 1.165) is 24.8 Å². The molecule has 1 amide bonds. The maximum absolute atomic E-state index is 13.2. The first-order valence-corrected chi connectivity index (χ1v) is 10.9. The van der Waals surface area contributed by atoms with Crippen molar-refractivity contribution in [3.8, 4) is 0 Å². The number of hydrogen-bond donors (Lipinski definition) is 0. The van der Waals surface area contributed by atoms with Crippen LogP contribution in [-0.2, 0) is 14.8 Å². The number of benzene rings is 1. The van der Waals surface area contributed by atoms with Crippen molar-refractivity contribution in [3.63, 3.8) is 0 Å². The first-order chi connectivity index (χ1) is 11.6. The second-order valence-corrected chi connectivity index (χ2v) is 10.8. The monoisotopic (exact) mass is 381 g/mol. The van der Waals surface area contributed by atoms with Gasteiger partial charge in [0.05, 0.1) is 17.7 Å². The fourth-order valence-electron chi connectivity index (χ4n) is 5.66. The van der Waals surface area contributed by atoms with Crippen LogP contribution in [0.2, 0.25) is 5.02 Å². The van der Waals surface area contributed by atoms with Crippen LogP contribution in [0.15, 0.2) is 24.3 Å². The molecule has 6 heteroatoms. The molecule has 0 radical (unpaired) electrons. The molecule has 4 rings (SSSR count). The van der Waals surface area contributed by atoms with Gasteiger partial charge < -0.3 is 0 Å². The Morgan fingerprint density at radius 1 is 1.28 bits per heavy atom. The topological polar surface area (TPSA) is 54.5 Å². The van der Waals surface area contributed by atoms with Crippen LogP contribution in [0, 0.1) is 16.7 Å². The molecule has 1 aliphatic heterocycles. The molecular weight excluding hydrogens is 358 g/mol. The average Bonchev–Trinajstić information content (AvgIpc) is 3.01. The van der Waals surface area contributed by atoms with Gasteiger partial charge in [-0.25, -0.2) is 12.7 Å². The summed E-state index contributed by atoms with van der Waals surface area (Å²) in [5.41, 5.74) is 0.503. The van der Waals surface area contributed by atoms with E-state index < -0.39 is 15.9 Å². The second kappa shape index (κ2) is 5.23. The summed E-state index contributed by atoms with van der Waals surface area (Å²) in [7, 11) is -3.56. The summed E-state index contributed by atoms with van der Waals surface area (Å²) in [5, 5.41) is 0.603. The highest BCUT2D eigenvalue weighted by molar-refractivity contribution is 7.90. The van der Waals surface area contributed by atoms with E-state index in [2.05, 4.69) is 13.8 Å². The van der Waals surface area contributed by atoms with Gasteiger partial charge in [-0.3, -0.25) is 4.79 Å². The largest absolute Gasteiger partial charge is 0.273 e. The minimum Gasteiger partial charge on any atom is -0.273 e. The molecule has 2 saturated carbocycles. The standard InChI is InChI=1S/C19H24ClNO3S/c1-12(13-4-6-15(20)7-5-13)17(22)21-16-10-14-8-9-19(16,18(14,2)3)11-25(21,23)24/h4-7,12,14,16H,8-11H2,1-3H3/t12-,14?,16?,19?/m0/s1. The molecule has 4 nitrogen and oxygen atoms in total. The SMILES string of the molecule is C[C@H](C(=O)N1C2CC3CCC2(CS1(=O)=O)C3(C)C)c1ccc(Cl)cc1. The van der Waals surface area contributed by atoms with Gasteiger partial charge in [0.25, 0.3) is 0 Å². The predicted molar refractivity (Wildman–Crippen MR) is 97.8 cm³/mol. The van der Waals surface area contributed by atoms with Crippen molar-refractivity contribution in [2.45, 2.75) is 52.0 Å². The van der Waals surface area contributed by atoms with Gasteiger partial charge in [0.1, 0.15) is 0 Å². The van der Waals surface area contributed by atoms with Crippen molar-refractivity contribution in [1.82, 2.24) is 4.31 Å². The molecule has 2 bridgehead atoms. The fraction of sp³-hybridized carbons (Fsp3) is 0.632. The highest BCUT2D eigenvalue weighted by Gasteiger charge is 2.72. The lowest BCUT2D eigenvalue weighted by Crippen LogP contribution is -2.45. The lowest BCUT2D eigenvalue weighted by molar-refractivity contribution is -0.130. The maximum Gasteiger partial charge on any atom is 0.243 e. The number of carbonyl (C=O) groups excluding carboxylic acids is 1. The molecule has 136 valence electrons. The number of sulfonamides is 1. The number of fused-ring (bicyclic) bond motifs is 1. The zero-order valence-corrected chi connectivity index (χ0v) is 16.4. The Morgan fingerprint density at radius 2 is 1.92 bits per heavy atom. The fourth-order valence-corrected chi connectivity index (χ4v) is 8.40. The zero-order chi connectivity index (χ0) is 18.2. The summed E-state index contributed by atoms with van der Waals surface area (Å²) in [4.78, 5) is 13.2. The Morgan fingerprint density at radius 3 is 2.52 bits per heavy atom. The molecule has 1 heterocycles. The molecule has 0 aromatic heterocycles. The minimum atomic E-state index is -3.56. The number of nitrogens with zero attached hydrogens (tertiary/aromatic N) is 1. The van der Waals surface area contributed by atoms with E-state index in [4.69, 9.17) is 11.6 Å². The van der Waals surface area contributed by atoms with Crippen LogP contribution in [-0.4, -0.2) is 30.4 Å². The van der Waals surface area contributed by atoms with Crippen molar-refractivity contribution >= 4 is 27.5 Å². The molecule has 3 aliphatic rings. The zero-order valence-electron chi connectivity index (χ0n) is 14.8. The van der Waals surface area contributed by atoms with Gasteiger partial charge in [0.2, 0.25) is 15.9 Å². The van der Waals surface area contributed by atoms with E-state index >= 15 is 0 Å². The Balaban J connectivity index is 1.70. The van der Waals surface area contributed by atoms with Crippen molar-refractivity contribution < 1.29 is 13.2 Å². The van der Waals surface area contributed by atoms with Crippen LogP contribution in [0.5, 0.6) is 0 Å². The summed E-state index contributed by atoms with van der Waals surface area (Å²) < 4.78 is 27.2. The van der Waals surface area contributed by atoms with E-state index in [1.807, 2.05) is 0 Å². The number of rotatable bonds is 2. The molecule has 1 aromatic carbocycles. The van der Waals surface area contributed by atoms with E-state index in [-0.39, 0.29) is 28.5 Å². The predicted octanol–water partition coefficient (Wildman–Crippen LogP) is 3.81. The summed E-state index contributed by atoms with van der Waals surface area (Å²) >= 11 is 5.92. The highest BCUT2D eigenvalue weighted by Crippen LogP contribution is 2.70. The van der Waals surface area contributed by atoms with Crippen LogP contribution >= 0.6 is 11.6 Å². The van der Waals surface area contributed by atoms with Gasteiger partial charge >= 0.3 is 0 Å². The first kappa shape index (κ1) is 17.3. The van der Waals surface area contributed by atoms with Gasteiger partial charge in [-0.2, -0.15) is 0 Å². The molecule has 3 fully saturated rings. The minimum absolute atomic E-state index is 0.0245. The quantitative estimate of drug-likeness (QED) is 0.782. The van der Waals surface area contributed by atoms with Crippen molar-refractivity contribution in [1.29, 1.82) is 0 Å². The van der Waals surface area contributed by atoms with E-state index in [1.54, 1.807) is 31.2 Å². The van der Waals surface area contributed by atoms with Crippen LogP contribution in [0.3, 0.4) is 0 Å². The van der Waals surface area contributed by atoms with Gasteiger partial charge in [0.15, 0.2) is 0 Å². The highest BCUT2D eigenvalue weighted by atomic mass is 35.5. The molecule has 4 atom stereocenters. The summed E-state index contributed by atoms with van der Waals surface area (Å²) in [6.07, 6.45) is 2.80. The summed E-state index contributed by atoms with van der Waals surface area (Å²) in [6.45, 7) is 6.16. The smallest absolute Gasteiger partial charge is 0.243 e. The third-order valence-electron chi connectivity index (χ3n) is 7.37. The first-order valence-electron chi connectivity index (χ1n) is 8.91. The number of halogens is 1. The Labute approximate surface area is 154 Å². The Hall–Kier alpha value is -1.07. The molecule has 1 saturated heterocycles. The van der Waals surface area contributed by atoms with Gasteiger partial charge in [-0.1, -0.05) is 37.6 Å². The van der Waals surface area contributed by atoms with Crippen molar-refractivity contribution in [3.05, 3.63) is 34.9 Å². The molecular formula is C19H24ClNO3S. The normalized spacial score (nSPS) is 35.6. The summed E-state index contributed by atoms with van der Waals surface area (Å²) in [6, 6.07) is 6.90. The van der Waals surface area contributed by atoms with Gasteiger partial charge in [0, 0.05) is 10.4 Å². The number of hydrogen-bond acceptors (Lipinski definition) is 3. The van der Waals surface area contributed by atoms with Gasteiger partial charge in [-0.15, -0.1) is 0 Å². The van der Waals surface area contributed by atoms with Crippen LogP contribution < -0.4 is 0 Å². The third-order valence-corrected chi connectivity index (χ3v) is 9.53. The van der Waals surface area contributed by atoms with E-state index in [1.165, 1.54) is 4.31 Å². The van der Waals surface area contributed by atoms with Crippen LogP contribution in [0.4, 0.5) is 0 Å². The molecule has 2 aliphatic carbocycles. The number of carbonyl (C=O) groups is 1. The molecule has 1 spiro atoms. The number of amides is 1. The van der Waals surface area contributed by atoms with Crippen LogP contribution in [0.1, 0.15) is 51.5 Å². The van der Waals surface area contributed by atoms with Crippen LogP contribution in [0.25, 0.3) is 0 Å². The van der Waals surface area contributed by atoms with Crippen molar-refractivity contribution in [2.75, 3.05) is 5.75 Å². The molecule has 0 N–H and O–H groups in total. The lowest BCUT2D eigenvalue weighted by atomic mass is 9.69. The third kappa shape index (κ3) is 2.18. The van der Waals surface area contributed by atoms with Crippen molar-refractivity contribution in [2.24, 2.45) is 16.7 Å².